The van der Waals surface area contributed by atoms with Crippen LogP contribution < -0.4 is 0 Å². The Bertz CT molecular complexity index is 121. The Kier molecular flexibility index (Phi) is 5.96. The predicted molar refractivity (Wildman–Crippen MR) is 34.0 cm³/mol. The van der Waals surface area contributed by atoms with Crippen molar-refractivity contribution < 1.29 is 35.8 Å². The summed E-state index contributed by atoms with van der Waals surface area (Å²) in [6.07, 6.45) is 1.08. The first kappa shape index (κ1) is 11.2. The van der Waals surface area contributed by atoms with Gasteiger partial charge >= 0.3 is 0 Å². The minimum atomic E-state index is -0.297. The minimum absolute atomic E-state index is 0. The van der Waals surface area contributed by atoms with Crippen LogP contribution in [0.15, 0.2) is 0 Å². The molecule has 1 fully saturated rings. The molecule has 0 amide bonds. The van der Waals surface area contributed by atoms with Gasteiger partial charge in [-0.25, -0.2) is 0 Å². The molecule has 1 saturated heterocycles. The van der Waals surface area contributed by atoms with Gasteiger partial charge < -0.3 is 5.11 Å². The Morgan fingerprint density at radius 2 is 2.00 bits per heavy atom. The van der Waals surface area contributed by atoms with Gasteiger partial charge in [-0.15, -0.1) is 0 Å². The summed E-state index contributed by atoms with van der Waals surface area (Å²) >= 11 is 0. The Labute approximate surface area is 79.7 Å². The van der Waals surface area contributed by atoms with Crippen LogP contribution in [-0.4, -0.2) is 35.8 Å². The van der Waals surface area contributed by atoms with Crippen LogP contribution in [0.1, 0.15) is 12.8 Å². The number of hydrogen-bond donors (Lipinski definition) is 1. The van der Waals surface area contributed by atoms with Gasteiger partial charge in [0.15, 0.2) is 6.79 Å². The van der Waals surface area contributed by atoms with Gasteiger partial charge in [0.05, 0.1) is 0 Å². The van der Waals surface area contributed by atoms with E-state index in [2.05, 4.69) is 0 Å². The molecule has 0 aromatic heterocycles. The van der Waals surface area contributed by atoms with E-state index >= 15 is 0 Å². The van der Waals surface area contributed by atoms with Crippen molar-refractivity contribution in [2.45, 2.75) is 12.8 Å². The van der Waals surface area contributed by atoms with Gasteiger partial charge in [-0.05, 0) is 0 Å². The molecule has 0 aromatic rings. The number of aliphatic hydroxyl groups excluding tert-OH is 1. The fourth-order valence-corrected chi connectivity index (χ4v) is 0.946. The summed E-state index contributed by atoms with van der Waals surface area (Å²) in [6.45, 7) is 0.924. The SMILES string of the molecule is O=C1CCN(OCO)CC1.[W]. The molecule has 5 heteroatoms. The number of nitrogens with zero attached hydrogens (tertiary/aromatic N) is 1. The average Bonchev–Trinajstić information content (AvgIpc) is 1.95. The van der Waals surface area contributed by atoms with Crippen LogP contribution in [0.2, 0.25) is 0 Å². The second-order valence-corrected chi connectivity index (χ2v) is 2.23. The Morgan fingerprint density at radius 1 is 1.45 bits per heavy atom. The third kappa shape index (κ3) is 3.96. The Balaban J connectivity index is 0.000001000. The quantitative estimate of drug-likeness (QED) is 0.696. The molecule has 4 nitrogen and oxygen atoms in total. The number of hydrogen-bond acceptors (Lipinski definition) is 4. The van der Waals surface area contributed by atoms with E-state index in [0.717, 1.165) is 0 Å². The van der Waals surface area contributed by atoms with Crippen molar-refractivity contribution in [3.05, 3.63) is 0 Å². The van der Waals surface area contributed by atoms with Gasteiger partial charge in [-0.1, -0.05) is 0 Å². The maximum Gasteiger partial charge on any atom is 0.164 e. The second-order valence-electron chi connectivity index (χ2n) is 2.23. The van der Waals surface area contributed by atoms with Crippen molar-refractivity contribution in [3.63, 3.8) is 0 Å². The fraction of sp³-hybridized carbons (Fsp3) is 0.833. The molecule has 0 aromatic carbocycles. The van der Waals surface area contributed by atoms with Crippen LogP contribution in [0, 0.1) is 0 Å². The van der Waals surface area contributed by atoms with Gasteiger partial charge in [0.1, 0.15) is 5.78 Å². The molecule has 0 atom stereocenters. The summed E-state index contributed by atoms with van der Waals surface area (Å²) in [5.41, 5.74) is 0. The molecule has 0 unspecified atom stereocenters. The topological polar surface area (TPSA) is 49.8 Å². The van der Waals surface area contributed by atoms with Crippen LogP contribution in [0.25, 0.3) is 0 Å². The molecular formula is C6H11NO3W. The second kappa shape index (κ2) is 5.83. The molecule has 0 aliphatic carbocycles. The zero-order chi connectivity index (χ0) is 7.40. The molecule has 0 bridgehead atoms. The largest absolute Gasteiger partial charge is 0.369 e. The monoisotopic (exact) mass is 329 g/mol. The van der Waals surface area contributed by atoms with E-state index < -0.39 is 0 Å². The first-order valence-electron chi connectivity index (χ1n) is 3.33. The van der Waals surface area contributed by atoms with E-state index in [0.29, 0.717) is 25.9 Å². The summed E-state index contributed by atoms with van der Waals surface area (Å²) in [7, 11) is 0. The number of carbonyl (C=O) groups excluding carboxylic acids is 1. The molecule has 0 spiro atoms. The zero-order valence-corrected chi connectivity index (χ0v) is 9.09. The van der Waals surface area contributed by atoms with E-state index in [4.69, 9.17) is 9.94 Å². The smallest absolute Gasteiger partial charge is 0.164 e. The van der Waals surface area contributed by atoms with Crippen LogP contribution in [0.3, 0.4) is 0 Å². The van der Waals surface area contributed by atoms with Crippen LogP contribution >= 0.6 is 0 Å². The number of hydroxylamine groups is 2. The van der Waals surface area contributed by atoms with Crippen LogP contribution in [0.5, 0.6) is 0 Å². The maximum atomic E-state index is 10.7. The Morgan fingerprint density at radius 3 is 2.45 bits per heavy atom. The van der Waals surface area contributed by atoms with Crippen molar-refractivity contribution in [1.29, 1.82) is 0 Å². The zero-order valence-electron chi connectivity index (χ0n) is 6.15. The van der Waals surface area contributed by atoms with Crippen molar-refractivity contribution in [2.75, 3.05) is 19.9 Å². The summed E-state index contributed by atoms with van der Waals surface area (Å²) in [4.78, 5) is 15.4. The van der Waals surface area contributed by atoms with E-state index in [-0.39, 0.29) is 33.6 Å². The molecule has 1 aliphatic rings. The van der Waals surface area contributed by atoms with Gasteiger partial charge in [0.2, 0.25) is 0 Å². The molecule has 0 radical (unpaired) electrons. The summed E-state index contributed by atoms with van der Waals surface area (Å²) < 4.78 is 0. The van der Waals surface area contributed by atoms with Crippen molar-refractivity contribution >= 4 is 5.78 Å². The van der Waals surface area contributed by atoms with Crippen molar-refractivity contribution in [2.24, 2.45) is 0 Å². The summed E-state index contributed by atoms with van der Waals surface area (Å²) in [5, 5.41) is 9.95. The van der Waals surface area contributed by atoms with Crippen molar-refractivity contribution in [1.82, 2.24) is 5.06 Å². The van der Waals surface area contributed by atoms with Gasteiger partial charge in [0, 0.05) is 47.0 Å². The maximum absolute atomic E-state index is 10.7. The first-order chi connectivity index (χ1) is 4.83. The average molecular weight is 329 g/mol. The number of rotatable bonds is 2. The number of Topliss-reactive ketones (excluding diaryl/α,β-unsaturated/α-hetero) is 1. The fourth-order valence-electron chi connectivity index (χ4n) is 0.946. The van der Waals surface area contributed by atoms with Crippen LogP contribution in [0.4, 0.5) is 0 Å². The first-order valence-corrected chi connectivity index (χ1v) is 3.33. The van der Waals surface area contributed by atoms with E-state index in [1.54, 1.807) is 5.06 Å². The molecule has 1 rings (SSSR count). The van der Waals surface area contributed by atoms with E-state index in [1.165, 1.54) is 0 Å². The van der Waals surface area contributed by atoms with Gasteiger partial charge in [0.25, 0.3) is 0 Å². The molecule has 64 valence electrons. The molecular weight excluding hydrogens is 318 g/mol. The number of carbonyl (C=O) groups is 1. The van der Waals surface area contributed by atoms with Crippen LogP contribution in [-0.2, 0) is 30.7 Å². The molecule has 11 heavy (non-hydrogen) atoms. The molecule has 0 saturated carbocycles. The van der Waals surface area contributed by atoms with E-state index in [9.17, 15) is 4.79 Å². The molecule has 1 aliphatic heterocycles. The summed E-state index contributed by atoms with van der Waals surface area (Å²) in [5.74, 6) is 0.276. The number of piperidine rings is 1. The summed E-state index contributed by atoms with van der Waals surface area (Å²) in [6, 6.07) is 0. The number of aliphatic hydroxyl groups is 1. The third-order valence-corrected chi connectivity index (χ3v) is 1.52. The molecule has 1 N–H and O–H groups in total. The molecule has 1 heterocycles. The van der Waals surface area contributed by atoms with E-state index in [1.807, 2.05) is 0 Å². The predicted octanol–water partition coefficient (Wildman–Crippen LogP) is -0.470. The van der Waals surface area contributed by atoms with Gasteiger partial charge in [-0.2, -0.15) is 5.06 Å². The standard InChI is InChI=1S/C6H11NO3.W/c8-5-10-7-3-1-6(9)2-4-7;/h8H,1-5H2;. The third-order valence-electron chi connectivity index (χ3n) is 1.52. The minimum Gasteiger partial charge on any atom is -0.369 e. The number of ketones is 1. The van der Waals surface area contributed by atoms with Gasteiger partial charge in [-0.3, -0.25) is 9.63 Å². The normalized spacial score (nSPS) is 19.5. The Hall–Kier alpha value is 0.238. The van der Waals surface area contributed by atoms with Crippen molar-refractivity contribution in [3.8, 4) is 0 Å².